The lowest BCUT2D eigenvalue weighted by atomic mass is 9.98. The number of nitriles is 1. The Kier molecular flexibility index (Phi) is 6.10. The number of aromatic amines is 1. The van der Waals surface area contributed by atoms with Gasteiger partial charge in [0.15, 0.2) is 12.4 Å². The van der Waals surface area contributed by atoms with Gasteiger partial charge in [0.1, 0.15) is 12.1 Å². The van der Waals surface area contributed by atoms with Gasteiger partial charge in [0.2, 0.25) is 0 Å². The van der Waals surface area contributed by atoms with E-state index in [0.717, 1.165) is 37.1 Å². The maximum absolute atomic E-state index is 12.6. The van der Waals surface area contributed by atoms with Gasteiger partial charge in [-0.3, -0.25) is 9.59 Å². The summed E-state index contributed by atoms with van der Waals surface area (Å²) in [5.74, 6) is 0.692. The zero-order valence-electron chi connectivity index (χ0n) is 16.5. The summed E-state index contributed by atoms with van der Waals surface area (Å²) >= 11 is 0. The summed E-state index contributed by atoms with van der Waals surface area (Å²) < 4.78 is 0. The number of nitrogens with one attached hydrogen (secondary N) is 3. The summed E-state index contributed by atoms with van der Waals surface area (Å²) in [4.78, 5) is 33.4. The molecule has 1 fully saturated rings. The van der Waals surface area contributed by atoms with Crippen LogP contribution in [0.3, 0.4) is 0 Å². The second-order valence-electron chi connectivity index (χ2n) is 7.87. The number of nitrogens with zero attached hydrogens (tertiary/aromatic N) is 2. The molecule has 1 amide bonds. The topological polar surface area (TPSA) is 103 Å². The van der Waals surface area contributed by atoms with E-state index < -0.39 is 5.54 Å². The van der Waals surface area contributed by atoms with Gasteiger partial charge in [-0.05, 0) is 44.2 Å². The van der Waals surface area contributed by atoms with E-state index in [1.807, 2.05) is 18.2 Å². The van der Waals surface area contributed by atoms with Crippen molar-refractivity contribution in [1.82, 2.24) is 15.3 Å². The number of para-hydroxylation sites is 1. The first-order valence-electron chi connectivity index (χ1n) is 9.99. The lowest BCUT2D eigenvalue weighted by molar-refractivity contribution is -0.906. The van der Waals surface area contributed by atoms with Crippen molar-refractivity contribution in [2.45, 2.75) is 51.6 Å². The molecule has 0 saturated heterocycles. The van der Waals surface area contributed by atoms with E-state index in [-0.39, 0.29) is 23.9 Å². The fourth-order valence-electron chi connectivity index (χ4n) is 3.56. The average molecular weight is 382 g/mol. The number of quaternary nitrogens is 1. The number of hydrogen-bond donors (Lipinski definition) is 3. The van der Waals surface area contributed by atoms with Crippen LogP contribution in [0.4, 0.5) is 0 Å². The number of hydrogen-bond acceptors (Lipinski definition) is 4. The van der Waals surface area contributed by atoms with Crippen LogP contribution in [-0.2, 0) is 11.3 Å². The molecule has 1 aliphatic carbocycles. The van der Waals surface area contributed by atoms with Gasteiger partial charge in [0.05, 0.1) is 23.5 Å². The largest absolute Gasteiger partial charge is 0.333 e. The molecular formula is C21H28N5O2+. The lowest BCUT2D eigenvalue weighted by Crippen LogP contribution is -3.12. The van der Waals surface area contributed by atoms with Gasteiger partial charge in [-0.2, -0.15) is 5.26 Å². The molecule has 1 aliphatic rings. The minimum atomic E-state index is -0.789. The molecule has 1 aromatic carbocycles. The number of carbonyl (C=O) groups excluding carboxylic acids is 1. The van der Waals surface area contributed by atoms with E-state index in [1.54, 1.807) is 13.0 Å². The normalized spacial score (nSPS) is 16.9. The number of amides is 1. The predicted octanol–water partition coefficient (Wildman–Crippen LogP) is 0.917. The van der Waals surface area contributed by atoms with Gasteiger partial charge in [0.25, 0.3) is 11.5 Å². The van der Waals surface area contributed by atoms with Crippen molar-refractivity contribution in [1.29, 1.82) is 5.26 Å². The quantitative estimate of drug-likeness (QED) is 0.600. The van der Waals surface area contributed by atoms with Gasteiger partial charge in [-0.25, -0.2) is 4.98 Å². The van der Waals surface area contributed by atoms with Crippen molar-refractivity contribution in [3.8, 4) is 6.07 Å². The number of benzene rings is 1. The Morgan fingerprint density at radius 3 is 2.86 bits per heavy atom. The van der Waals surface area contributed by atoms with Crippen molar-refractivity contribution < 1.29 is 9.69 Å². The van der Waals surface area contributed by atoms with Gasteiger partial charge in [-0.1, -0.05) is 25.5 Å². The number of carbonyl (C=O) groups is 1. The molecule has 1 aromatic heterocycles. The summed E-state index contributed by atoms with van der Waals surface area (Å²) in [5, 5.41) is 13.0. The van der Waals surface area contributed by atoms with Crippen LogP contribution in [0.5, 0.6) is 0 Å². The summed E-state index contributed by atoms with van der Waals surface area (Å²) in [7, 11) is 0. The number of fused-ring (bicyclic) bond motifs is 1. The van der Waals surface area contributed by atoms with E-state index in [2.05, 4.69) is 28.3 Å². The number of aromatic nitrogens is 2. The Labute approximate surface area is 164 Å². The van der Waals surface area contributed by atoms with Crippen molar-refractivity contribution in [3.05, 3.63) is 40.4 Å². The molecule has 0 bridgehead atoms. The van der Waals surface area contributed by atoms with Crippen molar-refractivity contribution >= 4 is 16.8 Å². The predicted molar refractivity (Wildman–Crippen MR) is 107 cm³/mol. The van der Waals surface area contributed by atoms with Crippen molar-refractivity contribution in [3.63, 3.8) is 0 Å². The Morgan fingerprint density at radius 1 is 1.43 bits per heavy atom. The summed E-state index contributed by atoms with van der Waals surface area (Å²) in [5.41, 5.74) is -0.292. The molecule has 3 rings (SSSR count). The molecule has 7 nitrogen and oxygen atoms in total. The third kappa shape index (κ3) is 4.76. The fourth-order valence-corrected chi connectivity index (χ4v) is 3.56. The highest BCUT2D eigenvalue weighted by Gasteiger charge is 2.43. The van der Waals surface area contributed by atoms with Gasteiger partial charge in [-0.15, -0.1) is 0 Å². The van der Waals surface area contributed by atoms with Crippen molar-refractivity contribution in [2.75, 3.05) is 13.1 Å². The number of unbranched alkanes of at least 4 members (excludes halogenated alkanes) is 1. The third-order valence-corrected chi connectivity index (χ3v) is 5.40. The maximum Gasteiger partial charge on any atom is 0.276 e. The fraction of sp³-hybridized carbons (Fsp3) is 0.524. The average Bonchev–Trinajstić information content (AvgIpc) is 3.52. The second-order valence-corrected chi connectivity index (χ2v) is 7.87. The SMILES string of the molecule is CCCC[NH+](CC(=O)N[C@](C)(C#N)C1CC1)Cc1nc2ccccc2c(=O)[nH]1. The molecule has 1 unspecified atom stereocenters. The van der Waals surface area contributed by atoms with E-state index >= 15 is 0 Å². The molecule has 1 heterocycles. The Morgan fingerprint density at radius 2 is 2.18 bits per heavy atom. The van der Waals surface area contributed by atoms with E-state index in [4.69, 9.17) is 0 Å². The molecule has 3 N–H and O–H groups in total. The van der Waals surface area contributed by atoms with Gasteiger partial charge < -0.3 is 15.2 Å². The molecule has 2 atom stereocenters. The Balaban J connectivity index is 1.72. The molecule has 0 radical (unpaired) electrons. The zero-order valence-corrected chi connectivity index (χ0v) is 16.5. The van der Waals surface area contributed by atoms with Crippen LogP contribution in [0.15, 0.2) is 29.1 Å². The Bertz CT molecular complexity index is 944. The molecule has 28 heavy (non-hydrogen) atoms. The van der Waals surface area contributed by atoms with E-state index in [1.165, 1.54) is 0 Å². The van der Waals surface area contributed by atoms with Crippen LogP contribution >= 0.6 is 0 Å². The van der Waals surface area contributed by atoms with Crippen LogP contribution in [-0.4, -0.2) is 34.5 Å². The molecular weight excluding hydrogens is 354 g/mol. The molecule has 2 aromatic rings. The molecule has 1 saturated carbocycles. The maximum atomic E-state index is 12.6. The smallest absolute Gasteiger partial charge is 0.276 e. The molecule has 7 heteroatoms. The first-order chi connectivity index (χ1) is 13.4. The summed E-state index contributed by atoms with van der Waals surface area (Å²) in [6.45, 7) is 5.41. The first kappa shape index (κ1) is 20.0. The highest BCUT2D eigenvalue weighted by molar-refractivity contribution is 5.78. The number of H-pyrrole nitrogens is 1. The number of rotatable bonds is 9. The zero-order chi connectivity index (χ0) is 20.1. The molecule has 148 valence electrons. The van der Waals surface area contributed by atoms with E-state index in [0.29, 0.717) is 23.3 Å². The highest BCUT2D eigenvalue weighted by atomic mass is 16.2. The minimum Gasteiger partial charge on any atom is -0.333 e. The van der Waals surface area contributed by atoms with Crippen molar-refractivity contribution in [2.24, 2.45) is 5.92 Å². The minimum absolute atomic E-state index is 0.134. The van der Waals surface area contributed by atoms with Crippen LogP contribution in [0.2, 0.25) is 0 Å². The summed E-state index contributed by atoms with van der Waals surface area (Å²) in [6, 6.07) is 9.50. The van der Waals surface area contributed by atoms with Crippen LogP contribution in [0.1, 0.15) is 45.4 Å². The van der Waals surface area contributed by atoms with E-state index in [9.17, 15) is 14.9 Å². The standard InChI is InChI=1S/C21H27N5O2/c1-3-4-11-26(13-19(27)25-21(2,14-22)15-9-10-15)12-18-23-17-8-6-5-7-16(17)20(28)24-18/h5-8,15H,3-4,9-13H2,1-2H3,(H,25,27)(H,23,24,28)/p+1/t21-/m1/s1. The lowest BCUT2D eigenvalue weighted by Gasteiger charge is -2.25. The van der Waals surface area contributed by atoms with Crippen LogP contribution in [0.25, 0.3) is 10.9 Å². The first-order valence-corrected chi connectivity index (χ1v) is 9.99. The Hall–Kier alpha value is -2.72. The van der Waals surface area contributed by atoms with Crippen LogP contribution < -0.4 is 15.8 Å². The van der Waals surface area contributed by atoms with Gasteiger partial charge >= 0.3 is 0 Å². The summed E-state index contributed by atoms with van der Waals surface area (Å²) in [6.07, 6.45) is 3.96. The molecule has 0 spiro atoms. The second kappa shape index (κ2) is 8.53. The monoisotopic (exact) mass is 382 g/mol. The molecule has 0 aliphatic heterocycles. The van der Waals surface area contributed by atoms with Gasteiger partial charge in [0, 0.05) is 0 Å². The third-order valence-electron chi connectivity index (χ3n) is 5.40. The van der Waals surface area contributed by atoms with Crippen LogP contribution in [0, 0.1) is 17.2 Å². The highest BCUT2D eigenvalue weighted by Crippen LogP contribution is 2.39.